The Morgan fingerprint density at radius 2 is 1.27 bits per heavy atom. The average molecular weight is 473 g/mol. The number of benzene rings is 3. The summed E-state index contributed by atoms with van der Waals surface area (Å²) in [7, 11) is 0.870. The van der Waals surface area contributed by atoms with Crippen molar-refractivity contribution >= 4 is 11.5 Å². The zero-order valence-electron chi connectivity index (χ0n) is 18.5. The van der Waals surface area contributed by atoms with Crippen LogP contribution in [0.5, 0.6) is 11.5 Å². The third-order valence-corrected chi connectivity index (χ3v) is 5.02. The zero-order valence-corrected chi connectivity index (χ0v) is 19.2. The van der Waals surface area contributed by atoms with Crippen LogP contribution < -0.4 is 33.0 Å². The van der Waals surface area contributed by atoms with Gasteiger partial charge in [-0.05, 0) is 36.4 Å². The molecular weight excluding hydrogens is 448 g/mol. The lowest BCUT2D eigenvalue weighted by Crippen LogP contribution is -2.68. The zero-order chi connectivity index (χ0) is 24.0. The molecule has 1 aliphatic heterocycles. The minimum absolute atomic E-state index is 0.0677. The van der Waals surface area contributed by atoms with E-state index in [1.54, 1.807) is 7.11 Å². The van der Waals surface area contributed by atoms with E-state index in [1.807, 2.05) is 48.5 Å². The van der Waals surface area contributed by atoms with Crippen LogP contribution in [0.2, 0.25) is 0 Å². The van der Waals surface area contributed by atoms with Crippen LogP contribution >= 0.6 is 0 Å². The Hall–Kier alpha value is -3.14. The fourth-order valence-electron chi connectivity index (χ4n) is 3.72. The maximum atomic E-state index is 8.49. The predicted octanol–water partition coefficient (Wildman–Crippen LogP) is -0.381. The molecular formula is C24H25ClN2O6. The van der Waals surface area contributed by atoms with E-state index in [4.69, 9.17) is 28.1 Å². The van der Waals surface area contributed by atoms with Gasteiger partial charge in [0, 0.05) is 5.56 Å². The van der Waals surface area contributed by atoms with E-state index < -0.39 is 10.2 Å². The van der Waals surface area contributed by atoms with Crippen molar-refractivity contribution in [3.05, 3.63) is 90.5 Å². The molecule has 3 aromatic carbocycles. The van der Waals surface area contributed by atoms with E-state index in [9.17, 15) is 0 Å². The molecule has 9 heteroatoms. The highest BCUT2D eigenvalue weighted by Gasteiger charge is 2.57. The number of nitrogens with zero attached hydrogens (tertiary/aromatic N) is 2. The van der Waals surface area contributed by atoms with E-state index in [2.05, 4.69) is 60.0 Å². The van der Waals surface area contributed by atoms with Crippen molar-refractivity contribution in [2.45, 2.75) is 12.1 Å². The van der Waals surface area contributed by atoms with Gasteiger partial charge in [0.05, 0.1) is 21.2 Å². The highest BCUT2D eigenvalue weighted by atomic mass is 35.7. The average Bonchev–Trinajstić information content (AvgIpc) is 2.76. The molecule has 0 spiro atoms. The molecule has 8 nitrogen and oxygen atoms in total. The van der Waals surface area contributed by atoms with Gasteiger partial charge in [-0.2, -0.15) is 0 Å². The molecule has 0 bridgehead atoms. The van der Waals surface area contributed by atoms with Crippen molar-refractivity contribution in [3.8, 4) is 11.5 Å². The number of hydrogen-bond donors (Lipinski definition) is 0. The first-order valence-electron chi connectivity index (χ1n) is 10.0. The Morgan fingerprint density at radius 3 is 1.76 bits per heavy atom. The first-order chi connectivity index (χ1) is 15.7. The summed E-state index contributed by atoms with van der Waals surface area (Å²) >= 11 is 0. The van der Waals surface area contributed by atoms with Gasteiger partial charge < -0.3 is 9.47 Å². The Balaban J connectivity index is 0.000000555. The van der Waals surface area contributed by atoms with Crippen LogP contribution in [0.25, 0.3) is 0 Å². The minimum atomic E-state index is -4.94. The van der Waals surface area contributed by atoms with Gasteiger partial charge in [0.25, 0.3) is 5.84 Å². The number of para-hydroxylation sites is 1. The van der Waals surface area contributed by atoms with Gasteiger partial charge in [-0.3, -0.25) is 4.58 Å². The lowest BCUT2D eigenvalue weighted by Gasteiger charge is -2.43. The van der Waals surface area contributed by atoms with Gasteiger partial charge in [-0.25, -0.2) is 23.5 Å². The lowest BCUT2D eigenvalue weighted by atomic mass is 9.88. The summed E-state index contributed by atoms with van der Waals surface area (Å²) in [5.41, 5.74) is 2.34. The first-order valence-corrected chi connectivity index (χ1v) is 11.3. The predicted molar refractivity (Wildman–Crippen MR) is 113 cm³/mol. The Labute approximate surface area is 194 Å². The molecule has 0 radical (unpaired) electrons. The summed E-state index contributed by atoms with van der Waals surface area (Å²) in [5, 5.41) is 0. The number of methoxy groups -OCH3 is 1. The van der Waals surface area contributed by atoms with Crippen molar-refractivity contribution in [2.24, 2.45) is 0 Å². The van der Waals surface area contributed by atoms with E-state index in [0.29, 0.717) is 0 Å². The molecule has 1 saturated heterocycles. The van der Waals surface area contributed by atoms with Gasteiger partial charge in [-0.15, -0.1) is 10.2 Å². The van der Waals surface area contributed by atoms with E-state index in [1.165, 1.54) is 5.56 Å². The lowest BCUT2D eigenvalue weighted by molar-refractivity contribution is -2.00. The molecule has 0 aliphatic carbocycles. The summed E-state index contributed by atoms with van der Waals surface area (Å²) in [6, 6.07) is 28.8. The molecule has 0 aromatic heterocycles. The Bertz CT molecular complexity index is 1050. The molecule has 0 unspecified atom stereocenters. The smallest absolute Gasteiger partial charge is 0.298 e. The largest absolute Gasteiger partial charge is 0.497 e. The van der Waals surface area contributed by atoms with Crippen LogP contribution in [0.4, 0.5) is 5.69 Å². The standard InChI is InChI=1S/C24H25N2O2.ClHO4/c1-25(2)24-23(28-21-12-8-5-9-13-21)22(18-10-6-4-7-11-18)26(24)19-14-16-20(27-3)17-15-19;2-1(3,4)5/h4-17,22-23H,1-3H3;(H,2,3,4,5)/q+1;/p-1/t22-,23+;/m1./s1. The number of anilines is 1. The third-order valence-electron chi connectivity index (χ3n) is 5.02. The quantitative estimate of drug-likeness (QED) is 0.464. The van der Waals surface area contributed by atoms with Crippen LogP contribution in [-0.2, 0) is 0 Å². The second kappa shape index (κ2) is 10.7. The van der Waals surface area contributed by atoms with E-state index in [-0.39, 0.29) is 12.1 Å². The maximum Gasteiger partial charge on any atom is 0.298 e. The summed E-state index contributed by atoms with van der Waals surface area (Å²) < 4.78 is 47.9. The van der Waals surface area contributed by atoms with Gasteiger partial charge in [0.2, 0.25) is 6.10 Å². The van der Waals surface area contributed by atoms with Gasteiger partial charge in [0.1, 0.15) is 17.2 Å². The van der Waals surface area contributed by atoms with E-state index in [0.717, 1.165) is 23.0 Å². The highest BCUT2D eigenvalue weighted by Crippen LogP contribution is 2.42. The second-order valence-electron chi connectivity index (χ2n) is 7.41. The maximum absolute atomic E-state index is 8.49. The van der Waals surface area contributed by atoms with E-state index >= 15 is 0 Å². The minimum Gasteiger partial charge on any atom is -0.497 e. The topological polar surface area (TPSA) is 117 Å². The summed E-state index contributed by atoms with van der Waals surface area (Å²) in [4.78, 5) is 2.34. The second-order valence-corrected chi connectivity index (χ2v) is 8.16. The fourth-order valence-corrected chi connectivity index (χ4v) is 3.72. The van der Waals surface area contributed by atoms with Crippen molar-refractivity contribution in [1.29, 1.82) is 0 Å². The summed E-state index contributed by atoms with van der Waals surface area (Å²) in [5.74, 6) is 2.86. The molecule has 4 rings (SSSR count). The van der Waals surface area contributed by atoms with Crippen LogP contribution in [0, 0.1) is 10.2 Å². The SMILES string of the molecule is COc1ccc(N2C(=[N+](C)C)[C@@H](Oc3ccccc3)[C@H]2c2ccccc2)cc1.[O-][Cl+3]([O-])([O-])[O-]. The molecule has 1 fully saturated rings. The Morgan fingerprint density at radius 1 is 0.758 bits per heavy atom. The third kappa shape index (κ3) is 6.44. The molecule has 1 heterocycles. The van der Waals surface area contributed by atoms with Crippen molar-refractivity contribution in [1.82, 2.24) is 0 Å². The molecule has 0 amide bonds. The van der Waals surface area contributed by atoms with Crippen molar-refractivity contribution < 1.29 is 42.9 Å². The summed E-state index contributed by atoms with van der Waals surface area (Å²) in [6.45, 7) is 0. The van der Waals surface area contributed by atoms with Crippen molar-refractivity contribution in [3.63, 3.8) is 0 Å². The number of rotatable bonds is 5. The first kappa shape index (κ1) is 24.5. The molecule has 0 saturated carbocycles. The highest BCUT2D eigenvalue weighted by molar-refractivity contribution is 6.06. The van der Waals surface area contributed by atoms with Gasteiger partial charge in [-0.1, -0.05) is 48.5 Å². The number of amidine groups is 1. The molecule has 3 aromatic rings. The summed E-state index contributed by atoms with van der Waals surface area (Å²) in [6.07, 6.45) is -0.0677. The molecule has 0 N–H and O–H groups in total. The molecule has 174 valence electrons. The van der Waals surface area contributed by atoms with Gasteiger partial charge >= 0.3 is 0 Å². The van der Waals surface area contributed by atoms with Crippen LogP contribution in [0.3, 0.4) is 0 Å². The monoisotopic (exact) mass is 472 g/mol. The molecule has 33 heavy (non-hydrogen) atoms. The molecule has 1 aliphatic rings. The van der Waals surface area contributed by atoms with Crippen LogP contribution in [0.1, 0.15) is 11.6 Å². The Kier molecular flexibility index (Phi) is 7.91. The van der Waals surface area contributed by atoms with Crippen molar-refractivity contribution in [2.75, 3.05) is 26.1 Å². The molecule has 2 atom stereocenters. The van der Waals surface area contributed by atoms with Gasteiger partial charge in [0.15, 0.2) is 6.04 Å². The normalized spacial score (nSPS) is 17.4. The number of halogens is 1. The fraction of sp³-hybridized carbons (Fsp3) is 0.208. The number of ether oxygens (including phenoxy) is 2. The van der Waals surface area contributed by atoms with Crippen LogP contribution in [-0.4, -0.2) is 37.7 Å². The van der Waals surface area contributed by atoms with Crippen LogP contribution in [0.15, 0.2) is 84.9 Å². The number of hydrogen-bond acceptors (Lipinski definition) is 6.